The van der Waals surface area contributed by atoms with Crippen molar-refractivity contribution in [3.63, 3.8) is 0 Å². The largest absolute Gasteiger partial charge is 0.489 e. The first-order chi connectivity index (χ1) is 15.4. The number of halogens is 2. The molecule has 1 fully saturated rings. The zero-order valence-electron chi connectivity index (χ0n) is 17.3. The molecule has 32 heavy (non-hydrogen) atoms. The fourth-order valence-corrected chi connectivity index (χ4v) is 4.47. The van der Waals surface area contributed by atoms with Crippen molar-refractivity contribution >= 4 is 57.9 Å². The standard InChI is InChI=1S/C23H21ClFNO4S2/c1-2-29-21(27)7-4-12-26-22(28)20(32-23(26)31)13-15-8-10-16(11-9-15)30-14-17-18(24)5-3-6-19(17)25/h3,5-6,8-11,13H,2,4,7,12,14H2,1H3/b20-13+. The minimum atomic E-state index is -0.418. The molecular formula is C23H21ClFNO4S2. The van der Waals surface area contributed by atoms with E-state index in [4.69, 9.17) is 33.3 Å². The molecule has 0 unspecified atom stereocenters. The highest BCUT2D eigenvalue weighted by molar-refractivity contribution is 8.26. The number of amides is 1. The number of nitrogens with zero attached hydrogens (tertiary/aromatic N) is 1. The molecule has 1 heterocycles. The van der Waals surface area contributed by atoms with Crippen LogP contribution >= 0.6 is 35.6 Å². The number of ether oxygens (including phenoxy) is 2. The minimum Gasteiger partial charge on any atom is -0.489 e. The maximum atomic E-state index is 13.9. The van der Waals surface area contributed by atoms with Crippen molar-refractivity contribution in [2.45, 2.75) is 26.4 Å². The monoisotopic (exact) mass is 493 g/mol. The van der Waals surface area contributed by atoms with E-state index in [1.54, 1.807) is 49.4 Å². The molecule has 3 rings (SSSR count). The molecule has 9 heteroatoms. The number of carbonyl (C=O) groups excluding carboxylic acids is 2. The third kappa shape index (κ3) is 6.31. The third-order valence-electron chi connectivity index (χ3n) is 4.56. The maximum absolute atomic E-state index is 13.9. The number of thioether (sulfide) groups is 1. The molecule has 2 aromatic carbocycles. The first kappa shape index (κ1) is 24.2. The summed E-state index contributed by atoms with van der Waals surface area (Å²) in [5.74, 6) is -0.335. The minimum absolute atomic E-state index is 0.00924. The molecule has 0 radical (unpaired) electrons. The summed E-state index contributed by atoms with van der Waals surface area (Å²) in [5.41, 5.74) is 1.10. The van der Waals surface area contributed by atoms with Gasteiger partial charge in [-0.15, -0.1) is 0 Å². The van der Waals surface area contributed by atoms with Crippen molar-refractivity contribution in [1.29, 1.82) is 0 Å². The van der Waals surface area contributed by atoms with Gasteiger partial charge in [0.2, 0.25) is 0 Å². The lowest BCUT2D eigenvalue weighted by molar-refractivity contribution is -0.143. The SMILES string of the molecule is CCOC(=O)CCCN1C(=O)/C(=C\c2ccc(OCc3c(F)cccc3Cl)cc2)SC1=S. The lowest BCUT2D eigenvalue weighted by Crippen LogP contribution is -2.29. The average Bonchev–Trinajstić information content (AvgIpc) is 3.02. The normalized spacial score (nSPS) is 14.8. The summed E-state index contributed by atoms with van der Waals surface area (Å²) in [6.45, 7) is 2.47. The third-order valence-corrected chi connectivity index (χ3v) is 6.30. The Morgan fingerprint density at radius 1 is 1.25 bits per heavy atom. The van der Waals surface area contributed by atoms with Crippen molar-refractivity contribution < 1.29 is 23.5 Å². The van der Waals surface area contributed by atoms with Crippen LogP contribution in [0.4, 0.5) is 4.39 Å². The lowest BCUT2D eigenvalue weighted by Gasteiger charge is -2.13. The fraction of sp³-hybridized carbons (Fsp3) is 0.261. The van der Waals surface area contributed by atoms with Gasteiger partial charge in [0.25, 0.3) is 5.91 Å². The number of hydrogen-bond acceptors (Lipinski definition) is 6. The van der Waals surface area contributed by atoms with Gasteiger partial charge in [-0.05, 0) is 49.2 Å². The second-order valence-corrected chi connectivity index (χ2v) is 8.88. The molecule has 0 aliphatic carbocycles. The van der Waals surface area contributed by atoms with Crippen LogP contribution in [0.25, 0.3) is 6.08 Å². The van der Waals surface area contributed by atoms with E-state index >= 15 is 0 Å². The summed E-state index contributed by atoms with van der Waals surface area (Å²) in [6, 6.07) is 11.6. The highest BCUT2D eigenvalue weighted by Crippen LogP contribution is 2.33. The van der Waals surface area contributed by atoms with E-state index in [9.17, 15) is 14.0 Å². The van der Waals surface area contributed by atoms with Gasteiger partial charge in [-0.3, -0.25) is 14.5 Å². The molecule has 0 saturated carbocycles. The number of esters is 1. The number of hydrogen-bond donors (Lipinski definition) is 0. The quantitative estimate of drug-likeness (QED) is 0.257. The smallest absolute Gasteiger partial charge is 0.305 e. The number of carbonyl (C=O) groups is 2. The summed E-state index contributed by atoms with van der Waals surface area (Å²) < 4.78 is 24.8. The highest BCUT2D eigenvalue weighted by atomic mass is 35.5. The van der Waals surface area contributed by atoms with Gasteiger partial charge in [0.05, 0.1) is 16.5 Å². The molecule has 0 bridgehead atoms. The van der Waals surface area contributed by atoms with Crippen molar-refractivity contribution in [2.24, 2.45) is 0 Å². The fourth-order valence-electron chi connectivity index (χ4n) is 2.94. The topological polar surface area (TPSA) is 55.8 Å². The van der Waals surface area contributed by atoms with Crippen molar-refractivity contribution in [3.8, 4) is 5.75 Å². The Balaban J connectivity index is 1.58. The predicted octanol–water partition coefficient (Wildman–Crippen LogP) is 5.60. The molecular weight excluding hydrogens is 473 g/mol. The number of rotatable bonds is 9. The van der Waals surface area contributed by atoms with Gasteiger partial charge >= 0.3 is 5.97 Å². The van der Waals surface area contributed by atoms with E-state index in [0.29, 0.717) is 45.1 Å². The van der Waals surface area contributed by atoms with Gasteiger partial charge in [0.1, 0.15) is 22.5 Å². The Hall–Kier alpha value is -2.42. The van der Waals surface area contributed by atoms with Crippen LogP contribution in [0.15, 0.2) is 47.4 Å². The van der Waals surface area contributed by atoms with Gasteiger partial charge in [0.15, 0.2) is 0 Å². The summed E-state index contributed by atoms with van der Waals surface area (Å²) in [4.78, 5) is 26.1. The molecule has 5 nitrogen and oxygen atoms in total. The van der Waals surface area contributed by atoms with Crippen LogP contribution in [0.3, 0.4) is 0 Å². The van der Waals surface area contributed by atoms with Crippen LogP contribution in [0, 0.1) is 5.82 Å². The summed E-state index contributed by atoms with van der Waals surface area (Å²) in [7, 11) is 0. The van der Waals surface area contributed by atoms with Gasteiger partial charge in [-0.25, -0.2) is 4.39 Å². The van der Waals surface area contributed by atoms with E-state index in [1.165, 1.54) is 22.7 Å². The Morgan fingerprint density at radius 3 is 2.69 bits per heavy atom. The van der Waals surface area contributed by atoms with E-state index in [-0.39, 0.29) is 24.9 Å². The highest BCUT2D eigenvalue weighted by Gasteiger charge is 2.31. The van der Waals surface area contributed by atoms with Crippen molar-refractivity contribution in [2.75, 3.05) is 13.2 Å². The Kier molecular flexibility index (Phi) is 8.67. The van der Waals surface area contributed by atoms with E-state index < -0.39 is 5.82 Å². The Labute approximate surface area is 200 Å². The van der Waals surface area contributed by atoms with Gasteiger partial charge < -0.3 is 9.47 Å². The summed E-state index contributed by atoms with van der Waals surface area (Å²) in [6.07, 6.45) is 2.47. The van der Waals surface area contributed by atoms with Crippen LogP contribution in [0.2, 0.25) is 5.02 Å². The maximum Gasteiger partial charge on any atom is 0.305 e. The van der Waals surface area contributed by atoms with Crippen LogP contribution in [0.1, 0.15) is 30.9 Å². The van der Waals surface area contributed by atoms with Crippen molar-refractivity contribution in [1.82, 2.24) is 4.90 Å². The van der Waals surface area contributed by atoms with E-state index in [1.807, 2.05) is 0 Å². The number of benzene rings is 2. The Morgan fingerprint density at radius 2 is 2.00 bits per heavy atom. The first-order valence-corrected chi connectivity index (χ1v) is 11.6. The predicted molar refractivity (Wildman–Crippen MR) is 128 cm³/mol. The zero-order chi connectivity index (χ0) is 23.1. The van der Waals surface area contributed by atoms with Crippen LogP contribution < -0.4 is 4.74 Å². The van der Waals surface area contributed by atoms with Crippen LogP contribution in [0.5, 0.6) is 5.75 Å². The zero-order valence-corrected chi connectivity index (χ0v) is 19.7. The summed E-state index contributed by atoms with van der Waals surface area (Å²) >= 11 is 12.6. The molecule has 168 valence electrons. The molecule has 0 spiro atoms. The van der Waals surface area contributed by atoms with Crippen LogP contribution in [-0.2, 0) is 20.9 Å². The van der Waals surface area contributed by atoms with E-state index in [2.05, 4.69) is 0 Å². The molecule has 0 aromatic heterocycles. The lowest BCUT2D eigenvalue weighted by atomic mass is 10.2. The molecule has 0 atom stereocenters. The second-order valence-electron chi connectivity index (χ2n) is 6.80. The molecule has 1 amide bonds. The molecule has 2 aromatic rings. The molecule has 1 saturated heterocycles. The van der Waals surface area contributed by atoms with Gasteiger partial charge in [-0.2, -0.15) is 0 Å². The first-order valence-electron chi connectivity index (χ1n) is 9.95. The number of thiocarbonyl (C=S) groups is 1. The molecule has 1 aliphatic heterocycles. The van der Waals surface area contributed by atoms with Gasteiger partial charge in [-0.1, -0.05) is 53.8 Å². The van der Waals surface area contributed by atoms with E-state index in [0.717, 1.165) is 5.56 Å². The molecule has 1 aliphatic rings. The second kappa shape index (κ2) is 11.4. The van der Waals surface area contributed by atoms with Gasteiger partial charge in [0, 0.05) is 18.5 Å². The summed E-state index contributed by atoms with van der Waals surface area (Å²) in [5, 5.41) is 0.311. The molecule has 0 N–H and O–H groups in total. The Bertz CT molecular complexity index is 1020. The van der Waals surface area contributed by atoms with Crippen molar-refractivity contribution in [3.05, 3.63) is 69.3 Å². The van der Waals surface area contributed by atoms with Crippen LogP contribution in [-0.4, -0.2) is 34.2 Å². The average molecular weight is 494 g/mol.